The molecule has 0 aliphatic heterocycles. The summed E-state index contributed by atoms with van der Waals surface area (Å²) in [5, 5.41) is 0. The number of allylic oxidation sites excluding steroid dienone is 1. The predicted octanol–water partition coefficient (Wildman–Crippen LogP) is 4.80. The van der Waals surface area contributed by atoms with E-state index in [1.165, 1.54) is 0 Å². The number of carbonyl (C=O) groups excluding carboxylic acids is 1. The molecule has 0 atom stereocenters. The third kappa shape index (κ3) is 12.7. The Morgan fingerprint density at radius 2 is 1.20 bits per heavy atom. The number of primary amides is 1. The zero-order chi connectivity index (χ0) is 20.1. The van der Waals surface area contributed by atoms with Crippen LogP contribution in [0.5, 0.6) is 0 Å². The summed E-state index contributed by atoms with van der Waals surface area (Å²) in [4.78, 5) is 11.3. The van der Waals surface area contributed by atoms with Crippen LogP contribution in [0, 0.1) is 0 Å². The number of rotatable bonds is 10. The molecular formula is C15H37NO5Si4. The summed E-state index contributed by atoms with van der Waals surface area (Å²) in [6, 6.07) is 0. The molecule has 0 bridgehead atoms. The Labute approximate surface area is 157 Å². The van der Waals surface area contributed by atoms with E-state index in [1.807, 2.05) is 12.6 Å². The molecule has 2 N–H and O–H groups in total. The monoisotopic (exact) mass is 423 g/mol. The molecule has 0 aromatic heterocycles. The first kappa shape index (κ1) is 24.8. The van der Waals surface area contributed by atoms with E-state index in [2.05, 4.69) is 58.9 Å². The Balaban J connectivity index is 6.21. The van der Waals surface area contributed by atoms with Crippen molar-refractivity contribution in [1.82, 2.24) is 0 Å². The summed E-state index contributed by atoms with van der Waals surface area (Å²) in [6.07, 6.45) is 0.574. The van der Waals surface area contributed by atoms with Gasteiger partial charge in [-0.05, 0) is 65.3 Å². The molecular weight excluding hydrogens is 387 g/mol. The molecule has 0 spiro atoms. The Morgan fingerprint density at radius 1 is 0.840 bits per heavy atom. The molecule has 1 amide bonds. The molecule has 148 valence electrons. The van der Waals surface area contributed by atoms with Crippen molar-refractivity contribution in [2.75, 3.05) is 0 Å². The van der Waals surface area contributed by atoms with Gasteiger partial charge in [-0.1, -0.05) is 6.92 Å². The molecule has 25 heavy (non-hydrogen) atoms. The second-order valence-electron chi connectivity index (χ2n) is 9.03. The standard InChI is InChI=1S/C15H37NO5Si4/c1-11-12-14(18-15(16)17)13-25(19-22(2,3)4,20-23(5,6)7)21-24(8,9)10/h13H,11-12H2,1-10H3,(H2,16,17). The summed E-state index contributed by atoms with van der Waals surface area (Å²) < 4.78 is 24.8. The molecule has 0 unspecified atom stereocenters. The zero-order valence-corrected chi connectivity index (χ0v) is 21.6. The average Bonchev–Trinajstić information content (AvgIpc) is 2.18. The van der Waals surface area contributed by atoms with Crippen molar-refractivity contribution in [2.24, 2.45) is 5.73 Å². The SMILES string of the molecule is CCCC(=C[Si](O[Si](C)(C)C)(O[Si](C)(C)C)O[Si](C)(C)C)OC(N)=O. The van der Waals surface area contributed by atoms with Crippen molar-refractivity contribution in [3.63, 3.8) is 0 Å². The first-order valence-electron chi connectivity index (χ1n) is 8.76. The van der Waals surface area contributed by atoms with E-state index in [1.54, 1.807) is 0 Å². The number of amides is 1. The quantitative estimate of drug-likeness (QED) is 0.403. The van der Waals surface area contributed by atoms with E-state index in [0.29, 0.717) is 12.2 Å². The Hall–Kier alpha value is -0.242. The minimum absolute atomic E-state index is 0.483. The highest BCUT2D eigenvalue weighted by atomic mass is 28.5. The van der Waals surface area contributed by atoms with Crippen LogP contribution in [-0.4, -0.2) is 39.8 Å². The van der Waals surface area contributed by atoms with Crippen LogP contribution in [0.15, 0.2) is 11.5 Å². The molecule has 0 saturated heterocycles. The molecule has 0 rings (SSSR count). The van der Waals surface area contributed by atoms with E-state index < -0.39 is 39.8 Å². The van der Waals surface area contributed by atoms with E-state index in [0.717, 1.165) is 6.42 Å². The second kappa shape index (κ2) is 9.11. The summed E-state index contributed by atoms with van der Waals surface area (Å²) >= 11 is 0. The molecule has 0 heterocycles. The first-order chi connectivity index (χ1) is 11.0. The van der Waals surface area contributed by atoms with Crippen LogP contribution in [0.2, 0.25) is 58.9 Å². The Morgan fingerprint density at radius 3 is 1.44 bits per heavy atom. The minimum Gasteiger partial charge on any atom is -0.416 e. The fraction of sp³-hybridized carbons (Fsp3) is 0.800. The highest BCUT2D eigenvalue weighted by Crippen LogP contribution is 2.28. The number of ether oxygens (including phenoxy) is 1. The van der Waals surface area contributed by atoms with Gasteiger partial charge in [0, 0.05) is 12.1 Å². The van der Waals surface area contributed by atoms with Crippen molar-refractivity contribution >= 4 is 39.8 Å². The summed E-state index contributed by atoms with van der Waals surface area (Å²) in [5.41, 5.74) is 7.06. The van der Waals surface area contributed by atoms with Crippen LogP contribution in [0.1, 0.15) is 19.8 Å². The Kier molecular flexibility index (Phi) is 9.02. The third-order valence-electron chi connectivity index (χ3n) is 2.41. The smallest absolute Gasteiger partial charge is 0.416 e. The normalized spacial score (nSPS) is 14.6. The van der Waals surface area contributed by atoms with Gasteiger partial charge in [0.15, 0.2) is 25.0 Å². The number of hydrogen-bond acceptors (Lipinski definition) is 5. The largest absolute Gasteiger partial charge is 0.501 e. The van der Waals surface area contributed by atoms with Crippen molar-refractivity contribution in [3.05, 3.63) is 11.5 Å². The number of carbonyl (C=O) groups is 1. The molecule has 0 aromatic carbocycles. The van der Waals surface area contributed by atoms with Crippen LogP contribution in [0.3, 0.4) is 0 Å². The lowest BCUT2D eigenvalue weighted by molar-refractivity contribution is 0.182. The fourth-order valence-electron chi connectivity index (χ4n) is 2.16. The molecule has 0 aliphatic carbocycles. The van der Waals surface area contributed by atoms with Crippen LogP contribution in [-0.2, 0) is 17.1 Å². The van der Waals surface area contributed by atoms with Gasteiger partial charge in [-0.25, -0.2) is 4.79 Å². The highest BCUT2D eigenvalue weighted by molar-refractivity contribution is 6.92. The molecule has 0 saturated carbocycles. The Bertz CT molecular complexity index is 437. The number of hydrogen-bond donors (Lipinski definition) is 1. The van der Waals surface area contributed by atoms with E-state index >= 15 is 0 Å². The maximum atomic E-state index is 11.3. The van der Waals surface area contributed by atoms with Crippen molar-refractivity contribution in [1.29, 1.82) is 0 Å². The number of nitrogens with two attached hydrogens (primary N) is 1. The maximum Gasteiger partial charge on any atom is 0.501 e. The molecule has 0 fully saturated rings. The molecule has 6 nitrogen and oxygen atoms in total. The second-order valence-corrected chi connectivity index (χ2v) is 25.6. The topological polar surface area (TPSA) is 80.0 Å². The predicted molar refractivity (Wildman–Crippen MR) is 113 cm³/mol. The highest BCUT2D eigenvalue weighted by Gasteiger charge is 2.49. The summed E-state index contributed by atoms with van der Waals surface area (Å²) in [6.45, 7) is 21.0. The van der Waals surface area contributed by atoms with Gasteiger partial charge in [-0.2, -0.15) is 0 Å². The zero-order valence-electron chi connectivity index (χ0n) is 17.6. The average molecular weight is 424 g/mol. The van der Waals surface area contributed by atoms with Crippen LogP contribution >= 0.6 is 0 Å². The van der Waals surface area contributed by atoms with Gasteiger partial charge in [0.2, 0.25) is 0 Å². The summed E-state index contributed by atoms with van der Waals surface area (Å²) in [5.74, 6) is 0.483. The lowest BCUT2D eigenvalue weighted by Gasteiger charge is -2.41. The first-order valence-corrected chi connectivity index (χ1v) is 20.8. The molecule has 0 aromatic rings. The van der Waals surface area contributed by atoms with Gasteiger partial charge in [0.05, 0.1) is 0 Å². The van der Waals surface area contributed by atoms with Gasteiger partial charge in [0.25, 0.3) is 0 Å². The molecule has 10 heteroatoms. The van der Waals surface area contributed by atoms with Gasteiger partial charge >= 0.3 is 14.9 Å². The van der Waals surface area contributed by atoms with Crippen LogP contribution in [0.4, 0.5) is 4.79 Å². The minimum atomic E-state index is -3.18. The van der Waals surface area contributed by atoms with Gasteiger partial charge in [0.1, 0.15) is 5.76 Å². The van der Waals surface area contributed by atoms with E-state index in [4.69, 9.17) is 22.8 Å². The van der Waals surface area contributed by atoms with Gasteiger partial charge < -0.3 is 22.8 Å². The van der Waals surface area contributed by atoms with Gasteiger partial charge in [-0.15, -0.1) is 0 Å². The summed E-state index contributed by atoms with van der Waals surface area (Å²) in [7, 11) is -9.12. The third-order valence-corrected chi connectivity index (χ3v) is 13.8. The molecule has 0 aliphatic rings. The van der Waals surface area contributed by atoms with Crippen molar-refractivity contribution < 1.29 is 21.9 Å². The van der Waals surface area contributed by atoms with Crippen LogP contribution < -0.4 is 5.73 Å². The van der Waals surface area contributed by atoms with E-state index in [9.17, 15) is 4.79 Å². The van der Waals surface area contributed by atoms with E-state index in [-0.39, 0.29) is 0 Å². The fourth-order valence-corrected chi connectivity index (χ4v) is 15.3. The van der Waals surface area contributed by atoms with Crippen LogP contribution in [0.25, 0.3) is 0 Å². The van der Waals surface area contributed by atoms with Crippen molar-refractivity contribution in [3.8, 4) is 0 Å². The van der Waals surface area contributed by atoms with Crippen molar-refractivity contribution in [2.45, 2.75) is 78.7 Å². The lowest BCUT2D eigenvalue weighted by atomic mass is 10.3. The molecule has 0 radical (unpaired) electrons. The maximum absolute atomic E-state index is 11.3. The van der Waals surface area contributed by atoms with Gasteiger partial charge in [-0.3, -0.25) is 0 Å². The lowest BCUT2D eigenvalue weighted by Crippen LogP contribution is -2.59.